The molecular formula is C16H27N3O2. The van der Waals surface area contributed by atoms with Gasteiger partial charge in [-0.3, -0.25) is 9.48 Å². The summed E-state index contributed by atoms with van der Waals surface area (Å²) in [5.41, 5.74) is 1.46. The molecule has 5 nitrogen and oxygen atoms in total. The maximum atomic E-state index is 12.5. The van der Waals surface area contributed by atoms with E-state index < -0.39 is 0 Å². The summed E-state index contributed by atoms with van der Waals surface area (Å²) in [6, 6.07) is 2.08. The van der Waals surface area contributed by atoms with Gasteiger partial charge in [-0.05, 0) is 45.6 Å². The second kappa shape index (κ2) is 6.18. The molecule has 0 bridgehead atoms. The molecule has 1 aromatic rings. The molecule has 1 amide bonds. The number of aromatic nitrogens is 2. The molecule has 0 spiro atoms. The highest BCUT2D eigenvalue weighted by Crippen LogP contribution is 2.24. The summed E-state index contributed by atoms with van der Waals surface area (Å²) < 4.78 is 7.48. The van der Waals surface area contributed by atoms with Gasteiger partial charge in [0.25, 0.3) is 5.91 Å². The van der Waals surface area contributed by atoms with Crippen molar-refractivity contribution >= 4 is 5.91 Å². The lowest BCUT2D eigenvalue weighted by atomic mass is 9.94. The third kappa shape index (κ3) is 3.84. The van der Waals surface area contributed by atoms with Crippen LogP contribution in [0.25, 0.3) is 0 Å². The smallest absolute Gasteiger partial charge is 0.269 e. The number of carbonyl (C=O) groups excluding carboxylic acids is 1. The standard InChI is InChI=1S/C16H27N3O2/c1-6-19-14(9-13(18-19)11(2)3)15(20)17-12-7-8-21-16(4,5)10-12/h9,11-12H,6-8,10H2,1-5H3,(H,17,20). The number of ether oxygens (including phenoxy) is 1. The van der Waals surface area contributed by atoms with Gasteiger partial charge in [-0.2, -0.15) is 5.10 Å². The van der Waals surface area contributed by atoms with Crippen LogP contribution in [0.2, 0.25) is 0 Å². The Kier molecular flexibility index (Phi) is 4.71. The topological polar surface area (TPSA) is 56.2 Å². The second-order valence-electron chi connectivity index (χ2n) is 6.70. The van der Waals surface area contributed by atoms with Crippen LogP contribution >= 0.6 is 0 Å². The van der Waals surface area contributed by atoms with Crippen molar-refractivity contribution in [1.82, 2.24) is 15.1 Å². The number of nitrogens with one attached hydrogen (secondary N) is 1. The third-order valence-electron chi connectivity index (χ3n) is 3.95. The fourth-order valence-corrected chi connectivity index (χ4v) is 2.76. The van der Waals surface area contributed by atoms with Crippen molar-refractivity contribution in [2.24, 2.45) is 0 Å². The van der Waals surface area contributed by atoms with E-state index in [0.29, 0.717) is 24.8 Å². The molecule has 0 saturated carbocycles. The van der Waals surface area contributed by atoms with Crippen molar-refractivity contribution < 1.29 is 9.53 Å². The van der Waals surface area contributed by atoms with E-state index in [0.717, 1.165) is 18.5 Å². The van der Waals surface area contributed by atoms with Crippen molar-refractivity contribution in [2.75, 3.05) is 6.61 Å². The van der Waals surface area contributed by atoms with Gasteiger partial charge in [0.1, 0.15) is 5.69 Å². The minimum Gasteiger partial charge on any atom is -0.375 e. The van der Waals surface area contributed by atoms with Crippen LogP contribution in [0, 0.1) is 0 Å². The maximum absolute atomic E-state index is 12.5. The quantitative estimate of drug-likeness (QED) is 0.928. The van der Waals surface area contributed by atoms with Crippen molar-refractivity contribution in [1.29, 1.82) is 0 Å². The van der Waals surface area contributed by atoms with Crippen LogP contribution in [-0.4, -0.2) is 33.9 Å². The number of aryl methyl sites for hydroxylation is 1. The molecule has 2 rings (SSSR count). The second-order valence-corrected chi connectivity index (χ2v) is 6.70. The van der Waals surface area contributed by atoms with Crippen LogP contribution < -0.4 is 5.32 Å². The molecule has 1 saturated heterocycles. The number of amides is 1. The zero-order chi connectivity index (χ0) is 15.6. The number of hydrogen-bond acceptors (Lipinski definition) is 3. The van der Waals surface area contributed by atoms with Gasteiger partial charge >= 0.3 is 0 Å². The third-order valence-corrected chi connectivity index (χ3v) is 3.95. The maximum Gasteiger partial charge on any atom is 0.269 e. The summed E-state index contributed by atoms with van der Waals surface area (Å²) in [6.07, 6.45) is 1.71. The van der Waals surface area contributed by atoms with E-state index in [1.54, 1.807) is 4.68 Å². The van der Waals surface area contributed by atoms with E-state index in [1.165, 1.54) is 0 Å². The van der Waals surface area contributed by atoms with Gasteiger partial charge in [-0.15, -0.1) is 0 Å². The van der Waals surface area contributed by atoms with E-state index in [-0.39, 0.29) is 17.6 Å². The van der Waals surface area contributed by atoms with Gasteiger partial charge in [0, 0.05) is 19.2 Å². The Hall–Kier alpha value is -1.36. The van der Waals surface area contributed by atoms with Crippen molar-refractivity contribution in [3.05, 3.63) is 17.5 Å². The average Bonchev–Trinajstić information content (AvgIpc) is 2.81. The minimum atomic E-state index is -0.162. The van der Waals surface area contributed by atoms with Crippen molar-refractivity contribution in [2.45, 2.75) is 71.6 Å². The molecule has 1 aliphatic rings. The fourth-order valence-electron chi connectivity index (χ4n) is 2.76. The Balaban J connectivity index is 2.09. The first-order valence-electron chi connectivity index (χ1n) is 7.85. The van der Waals surface area contributed by atoms with Crippen LogP contribution in [0.4, 0.5) is 0 Å². The average molecular weight is 293 g/mol. The molecule has 21 heavy (non-hydrogen) atoms. The van der Waals surface area contributed by atoms with Gasteiger partial charge in [-0.25, -0.2) is 0 Å². The lowest BCUT2D eigenvalue weighted by Crippen LogP contribution is -2.46. The molecule has 0 aromatic carbocycles. The van der Waals surface area contributed by atoms with Gasteiger partial charge < -0.3 is 10.1 Å². The molecule has 0 aliphatic carbocycles. The Morgan fingerprint density at radius 3 is 2.86 bits per heavy atom. The van der Waals surface area contributed by atoms with Gasteiger partial charge in [0.05, 0.1) is 11.3 Å². The summed E-state index contributed by atoms with van der Waals surface area (Å²) in [4.78, 5) is 12.5. The zero-order valence-corrected chi connectivity index (χ0v) is 13.8. The minimum absolute atomic E-state index is 0.0287. The summed E-state index contributed by atoms with van der Waals surface area (Å²) in [5.74, 6) is 0.297. The molecule has 1 N–H and O–H groups in total. The molecule has 118 valence electrons. The van der Waals surface area contributed by atoms with Crippen LogP contribution in [0.3, 0.4) is 0 Å². The first-order valence-corrected chi connectivity index (χ1v) is 7.85. The normalized spacial score (nSPS) is 21.5. The van der Waals surface area contributed by atoms with E-state index >= 15 is 0 Å². The first kappa shape index (κ1) is 16.0. The van der Waals surface area contributed by atoms with Crippen molar-refractivity contribution in [3.8, 4) is 0 Å². The number of nitrogens with zero attached hydrogens (tertiary/aromatic N) is 2. The molecule has 5 heteroatoms. The SMILES string of the molecule is CCn1nc(C(C)C)cc1C(=O)NC1CCOC(C)(C)C1. The summed E-state index contributed by atoms with van der Waals surface area (Å²) in [6.45, 7) is 11.7. The highest BCUT2D eigenvalue weighted by Gasteiger charge is 2.30. The molecule has 1 atom stereocenters. The summed E-state index contributed by atoms with van der Waals surface area (Å²) in [5, 5.41) is 7.64. The molecule has 0 radical (unpaired) electrons. The number of carbonyl (C=O) groups is 1. The Bertz CT molecular complexity index is 506. The van der Waals surface area contributed by atoms with Gasteiger partial charge in [-0.1, -0.05) is 13.8 Å². The zero-order valence-electron chi connectivity index (χ0n) is 13.8. The van der Waals surface area contributed by atoms with E-state index in [4.69, 9.17) is 4.74 Å². The molecule has 2 heterocycles. The van der Waals surface area contributed by atoms with Crippen LogP contribution in [0.5, 0.6) is 0 Å². The van der Waals surface area contributed by atoms with Crippen LogP contribution in [0.1, 0.15) is 69.6 Å². The highest BCUT2D eigenvalue weighted by molar-refractivity contribution is 5.92. The van der Waals surface area contributed by atoms with E-state index in [9.17, 15) is 4.79 Å². The van der Waals surface area contributed by atoms with Crippen LogP contribution in [-0.2, 0) is 11.3 Å². The lowest BCUT2D eigenvalue weighted by Gasteiger charge is -2.35. The van der Waals surface area contributed by atoms with E-state index in [2.05, 4.69) is 38.1 Å². The van der Waals surface area contributed by atoms with Crippen molar-refractivity contribution in [3.63, 3.8) is 0 Å². The van der Waals surface area contributed by atoms with Crippen LogP contribution in [0.15, 0.2) is 6.07 Å². The number of rotatable bonds is 4. The Labute approximate surface area is 127 Å². The van der Waals surface area contributed by atoms with Gasteiger partial charge in [0.15, 0.2) is 0 Å². The summed E-state index contributed by atoms with van der Waals surface area (Å²) >= 11 is 0. The Morgan fingerprint density at radius 1 is 1.57 bits per heavy atom. The molecule has 1 fully saturated rings. The molecule has 1 aliphatic heterocycles. The summed E-state index contributed by atoms with van der Waals surface area (Å²) in [7, 11) is 0. The fraction of sp³-hybridized carbons (Fsp3) is 0.750. The number of hydrogen-bond donors (Lipinski definition) is 1. The molecule has 1 aromatic heterocycles. The largest absolute Gasteiger partial charge is 0.375 e. The van der Waals surface area contributed by atoms with Gasteiger partial charge in [0.2, 0.25) is 0 Å². The lowest BCUT2D eigenvalue weighted by molar-refractivity contribution is -0.0615. The first-order chi connectivity index (χ1) is 9.82. The highest BCUT2D eigenvalue weighted by atomic mass is 16.5. The molecular weight excluding hydrogens is 266 g/mol. The molecule has 1 unspecified atom stereocenters. The Morgan fingerprint density at radius 2 is 2.29 bits per heavy atom. The van der Waals surface area contributed by atoms with E-state index in [1.807, 2.05) is 13.0 Å². The monoisotopic (exact) mass is 293 g/mol. The predicted octanol–water partition coefficient (Wildman–Crippen LogP) is 2.71. The predicted molar refractivity (Wildman–Crippen MR) is 82.5 cm³/mol.